The van der Waals surface area contributed by atoms with Gasteiger partial charge >= 0.3 is 5.97 Å². The van der Waals surface area contributed by atoms with Crippen molar-refractivity contribution in [1.29, 1.82) is 0 Å². The number of hydrogen-bond acceptors (Lipinski definition) is 6. The van der Waals surface area contributed by atoms with E-state index >= 15 is 0 Å². The van der Waals surface area contributed by atoms with E-state index in [4.69, 9.17) is 0 Å². The summed E-state index contributed by atoms with van der Waals surface area (Å²) < 4.78 is 29.5. The molecular weight excluding hydrogens is 496 g/mol. The number of aromatic carboxylic acids is 1. The van der Waals surface area contributed by atoms with Crippen LogP contribution >= 0.6 is 39.0 Å². The molecule has 6 nitrogen and oxygen atoms in total. The number of benzene rings is 2. The third-order valence-corrected chi connectivity index (χ3v) is 9.15. The molecule has 4 aromatic rings. The highest BCUT2D eigenvalue weighted by atomic mass is 79.9. The fourth-order valence-corrected chi connectivity index (χ4v) is 7.50. The number of sulfone groups is 1. The van der Waals surface area contributed by atoms with Gasteiger partial charge in [0.05, 0.1) is 19.5 Å². The fraction of sp³-hybridized carbons (Fsp3) is 0.0526. The first-order valence-corrected chi connectivity index (χ1v) is 12.5. The predicted molar refractivity (Wildman–Crippen MR) is 117 cm³/mol. The van der Waals surface area contributed by atoms with Crippen molar-refractivity contribution < 1.29 is 18.3 Å². The first-order valence-electron chi connectivity index (χ1n) is 8.21. The lowest BCUT2D eigenvalue weighted by Crippen LogP contribution is -2.03. The molecule has 29 heavy (non-hydrogen) atoms. The molecule has 0 saturated carbocycles. The van der Waals surface area contributed by atoms with Crippen LogP contribution in [-0.4, -0.2) is 35.3 Å². The third kappa shape index (κ3) is 3.50. The van der Waals surface area contributed by atoms with Crippen molar-refractivity contribution in [3.05, 3.63) is 64.2 Å². The van der Waals surface area contributed by atoms with Gasteiger partial charge in [-0.2, -0.15) is 0 Å². The van der Waals surface area contributed by atoms with Crippen LogP contribution in [0.2, 0.25) is 0 Å². The van der Waals surface area contributed by atoms with Gasteiger partial charge in [-0.15, -0.1) is 23.1 Å². The van der Waals surface area contributed by atoms with Crippen molar-refractivity contribution in [1.82, 2.24) is 9.55 Å². The molecule has 2 aromatic heterocycles. The van der Waals surface area contributed by atoms with E-state index < -0.39 is 15.8 Å². The molecule has 0 unspecified atom stereocenters. The van der Waals surface area contributed by atoms with Gasteiger partial charge in [0.15, 0.2) is 0 Å². The van der Waals surface area contributed by atoms with Gasteiger partial charge in [-0.25, -0.2) is 18.2 Å². The number of thioether (sulfide) groups is 1. The Morgan fingerprint density at radius 3 is 2.59 bits per heavy atom. The second-order valence-electron chi connectivity index (χ2n) is 6.00. The zero-order valence-electron chi connectivity index (χ0n) is 14.9. The molecular formula is C19H13BrN2O4S3. The summed E-state index contributed by atoms with van der Waals surface area (Å²) in [7, 11) is -3.93. The molecule has 0 aliphatic rings. The summed E-state index contributed by atoms with van der Waals surface area (Å²) in [5, 5.41) is 9.26. The summed E-state index contributed by atoms with van der Waals surface area (Å²) in [4.78, 5) is 15.8. The molecule has 2 aromatic carbocycles. The normalized spacial score (nSPS) is 11.8. The Hall–Kier alpha value is -2.14. The molecule has 1 N–H and O–H groups in total. The van der Waals surface area contributed by atoms with Crippen LogP contribution in [0.5, 0.6) is 0 Å². The lowest BCUT2D eigenvalue weighted by Gasteiger charge is -2.08. The van der Waals surface area contributed by atoms with Crippen molar-refractivity contribution >= 4 is 65.9 Å². The number of imidazole rings is 1. The number of halogens is 1. The van der Waals surface area contributed by atoms with Gasteiger partial charge in [0.1, 0.15) is 16.7 Å². The molecule has 2 heterocycles. The van der Waals surface area contributed by atoms with Crippen LogP contribution in [0, 0.1) is 0 Å². The summed E-state index contributed by atoms with van der Waals surface area (Å²) in [5.41, 5.74) is 2.11. The highest BCUT2D eigenvalue weighted by Gasteiger charge is 2.27. The van der Waals surface area contributed by atoms with E-state index in [9.17, 15) is 18.3 Å². The minimum Gasteiger partial charge on any atom is -0.477 e. The molecule has 0 spiro atoms. The van der Waals surface area contributed by atoms with E-state index in [2.05, 4.69) is 20.9 Å². The number of carbonyl (C=O) groups is 1. The van der Waals surface area contributed by atoms with E-state index in [-0.39, 0.29) is 14.7 Å². The second kappa shape index (κ2) is 7.60. The van der Waals surface area contributed by atoms with E-state index in [0.29, 0.717) is 19.7 Å². The van der Waals surface area contributed by atoms with Crippen LogP contribution in [0.4, 0.5) is 0 Å². The first-order chi connectivity index (χ1) is 13.8. The average molecular weight is 509 g/mol. The lowest BCUT2D eigenvalue weighted by molar-refractivity contribution is 0.0702. The molecule has 0 bridgehead atoms. The number of carboxylic acids is 1. The van der Waals surface area contributed by atoms with Crippen molar-refractivity contribution in [3.63, 3.8) is 0 Å². The topological polar surface area (TPSA) is 89.3 Å². The highest BCUT2D eigenvalue weighted by molar-refractivity contribution is 9.10. The van der Waals surface area contributed by atoms with Crippen molar-refractivity contribution in [2.45, 2.75) is 14.0 Å². The molecule has 0 atom stereocenters. The number of rotatable bonds is 5. The van der Waals surface area contributed by atoms with E-state index in [1.54, 1.807) is 18.6 Å². The Labute approximate surface area is 183 Å². The number of para-hydroxylation sites is 1. The molecule has 0 amide bonds. The predicted octanol–water partition coefficient (Wildman–Crippen LogP) is 5.10. The monoisotopic (exact) mass is 508 g/mol. The van der Waals surface area contributed by atoms with Crippen molar-refractivity contribution in [2.75, 3.05) is 6.26 Å². The van der Waals surface area contributed by atoms with Crippen LogP contribution < -0.4 is 0 Å². The highest BCUT2D eigenvalue weighted by Crippen LogP contribution is 2.38. The van der Waals surface area contributed by atoms with Gasteiger partial charge in [0, 0.05) is 10.2 Å². The smallest absolute Gasteiger partial charge is 0.345 e. The summed E-state index contributed by atoms with van der Waals surface area (Å²) in [6.45, 7) is 0. The summed E-state index contributed by atoms with van der Waals surface area (Å²) >= 11 is 5.59. The number of hydrogen-bond donors (Lipinski definition) is 1. The Morgan fingerprint density at radius 2 is 1.93 bits per heavy atom. The third-order valence-electron chi connectivity index (χ3n) is 4.28. The molecule has 0 saturated heterocycles. The van der Waals surface area contributed by atoms with Crippen LogP contribution in [0.25, 0.3) is 16.7 Å². The van der Waals surface area contributed by atoms with Crippen LogP contribution in [0.3, 0.4) is 0 Å². The largest absolute Gasteiger partial charge is 0.477 e. The van der Waals surface area contributed by atoms with Crippen LogP contribution in [-0.2, 0) is 9.84 Å². The molecule has 0 fully saturated rings. The Kier molecular flexibility index (Phi) is 5.28. The summed E-state index contributed by atoms with van der Waals surface area (Å²) in [6.07, 6.45) is 3.36. The standard InChI is InChI=1S/C19H13BrN2O4S3/c1-27-19-16(9-15(28-19)18(23)24)29(25,26)12-7-13(20)17-14(8-12)22(10-21-17)11-5-3-2-4-6-11/h2-10H,1H3,(H,23,24). The summed E-state index contributed by atoms with van der Waals surface area (Å²) in [6, 6.07) is 13.8. The van der Waals surface area contributed by atoms with Gasteiger partial charge < -0.3 is 5.11 Å². The number of carboxylic acid groups (broad SMARTS) is 1. The van der Waals surface area contributed by atoms with Crippen molar-refractivity contribution in [3.8, 4) is 5.69 Å². The Bertz CT molecular complexity index is 1340. The van der Waals surface area contributed by atoms with Crippen molar-refractivity contribution in [2.24, 2.45) is 0 Å². The zero-order valence-corrected chi connectivity index (χ0v) is 18.9. The van der Waals surface area contributed by atoms with Crippen LogP contribution in [0.1, 0.15) is 9.67 Å². The van der Waals surface area contributed by atoms with Gasteiger partial charge in [-0.3, -0.25) is 4.57 Å². The second-order valence-corrected chi connectivity index (χ2v) is 10.9. The van der Waals surface area contributed by atoms with Gasteiger partial charge in [-0.1, -0.05) is 18.2 Å². The maximum Gasteiger partial charge on any atom is 0.345 e. The fourth-order valence-electron chi connectivity index (χ4n) is 2.92. The Morgan fingerprint density at radius 1 is 1.21 bits per heavy atom. The number of nitrogens with zero attached hydrogens (tertiary/aromatic N) is 2. The minimum absolute atomic E-state index is 0.00410. The molecule has 4 rings (SSSR count). The maximum atomic E-state index is 13.4. The van der Waals surface area contributed by atoms with E-state index in [1.807, 2.05) is 34.9 Å². The quantitative estimate of drug-likeness (QED) is 0.377. The number of thiophene rings is 1. The minimum atomic E-state index is -3.93. The maximum absolute atomic E-state index is 13.4. The molecule has 0 aliphatic carbocycles. The molecule has 0 radical (unpaired) electrons. The molecule has 10 heteroatoms. The van der Waals surface area contributed by atoms with E-state index in [1.165, 1.54) is 23.9 Å². The Balaban J connectivity index is 1.93. The first kappa shape index (κ1) is 20.1. The number of fused-ring (bicyclic) bond motifs is 1. The van der Waals surface area contributed by atoms with Crippen LogP contribution in [0.15, 0.2) is 73.3 Å². The van der Waals surface area contributed by atoms with Gasteiger partial charge in [0.25, 0.3) is 0 Å². The summed E-state index contributed by atoms with van der Waals surface area (Å²) in [5.74, 6) is -1.15. The lowest BCUT2D eigenvalue weighted by atomic mass is 10.3. The van der Waals surface area contributed by atoms with E-state index in [0.717, 1.165) is 17.0 Å². The molecule has 0 aliphatic heterocycles. The average Bonchev–Trinajstić information content (AvgIpc) is 3.33. The van der Waals surface area contributed by atoms with Gasteiger partial charge in [0.2, 0.25) is 9.84 Å². The van der Waals surface area contributed by atoms with Gasteiger partial charge in [-0.05, 0) is 52.5 Å². The number of aromatic nitrogens is 2. The SMILES string of the molecule is CSc1sc(C(=O)O)cc1S(=O)(=O)c1cc(Br)c2ncn(-c3ccccc3)c2c1. The zero-order chi connectivity index (χ0) is 20.8. The molecule has 148 valence electrons.